The van der Waals surface area contributed by atoms with E-state index in [0.717, 1.165) is 25.7 Å². The lowest BCUT2D eigenvalue weighted by Gasteiger charge is -2.63. The van der Waals surface area contributed by atoms with Crippen molar-refractivity contribution in [3.63, 3.8) is 0 Å². The summed E-state index contributed by atoms with van der Waals surface area (Å²) in [5.74, 6) is 2.22. The molecule has 1 N–H and O–H groups in total. The summed E-state index contributed by atoms with van der Waals surface area (Å²) in [6.07, 6.45) is 9.70. The first-order chi connectivity index (χ1) is 17.2. The molecule has 1 heterocycles. The van der Waals surface area contributed by atoms with Crippen molar-refractivity contribution in [3.05, 3.63) is 11.6 Å². The second kappa shape index (κ2) is 8.88. The van der Waals surface area contributed by atoms with E-state index in [-0.39, 0.29) is 40.0 Å². The minimum atomic E-state index is -0.702. The highest BCUT2D eigenvalue weighted by Gasteiger charge is 2.66. The summed E-state index contributed by atoms with van der Waals surface area (Å²) in [7, 11) is 3.40. The molecule has 37 heavy (non-hydrogen) atoms. The molecule has 5 aliphatic rings. The molecule has 210 valence electrons. The number of allylic oxidation sites excluding steroid dienone is 2. The molecule has 1 aliphatic heterocycles. The molecule has 5 heteroatoms. The summed E-state index contributed by atoms with van der Waals surface area (Å²) >= 11 is 0. The molecule has 5 rings (SSSR count). The third kappa shape index (κ3) is 3.73. The minimum Gasteiger partial charge on any atom is -0.387 e. The predicted molar refractivity (Wildman–Crippen MR) is 145 cm³/mol. The summed E-state index contributed by atoms with van der Waals surface area (Å²) < 4.78 is 17.9. The molecule has 0 aromatic heterocycles. The summed E-state index contributed by atoms with van der Waals surface area (Å²) in [6, 6.07) is 0. The molecule has 1 saturated heterocycles. The maximum absolute atomic E-state index is 12.9. The zero-order chi connectivity index (χ0) is 27.2. The molecule has 4 aliphatic carbocycles. The Morgan fingerprint density at radius 2 is 1.78 bits per heavy atom. The Labute approximate surface area is 225 Å². The van der Waals surface area contributed by atoms with E-state index < -0.39 is 11.7 Å². The molecular weight excluding hydrogens is 464 g/mol. The number of hydrogen-bond acceptors (Lipinski definition) is 5. The molecule has 0 radical (unpaired) electrons. The van der Waals surface area contributed by atoms with Crippen LogP contribution in [0.4, 0.5) is 0 Å². The molecule has 4 fully saturated rings. The van der Waals surface area contributed by atoms with Crippen LogP contribution >= 0.6 is 0 Å². The number of hydrogen-bond donors (Lipinski definition) is 1. The van der Waals surface area contributed by atoms with Crippen LogP contribution in [-0.4, -0.2) is 49.2 Å². The van der Waals surface area contributed by atoms with Gasteiger partial charge >= 0.3 is 0 Å². The molecule has 0 spiro atoms. The maximum atomic E-state index is 12.9. The van der Waals surface area contributed by atoms with Gasteiger partial charge in [-0.2, -0.15) is 0 Å². The largest absolute Gasteiger partial charge is 0.387 e. The van der Waals surface area contributed by atoms with Crippen LogP contribution in [-0.2, 0) is 19.0 Å². The van der Waals surface area contributed by atoms with E-state index in [9.17, 15) is 9.90 Å². The number of aliphatic hydroxyl groups is 1. The van der Waals surface area contributed by atoms with Crippen LogP contribution in [0.5, 0.6) is 0 Å². The van der Waals surface area contributed by atoms with Crippen molar-refractivity contribution >= 4 is 5.78 Å². The van der Waals surface area contributed by atoms with Crippen molar-refractivity contribution in [3.8, 4) is 0 Å². The molecular formula is C32H52O5. The Hall–Kier alpha value is -0.750. The zero-order valence-electron chi connectivity index (χ0n) is 24.9. The van der Waals surface area contributed by atoms with Gasteiger partial charge in [-0.1, -0.05) is 46.3 Å². The van der Waals surface area contributed by atoms with Crippen LogP contribution in [0, 0.1) is 45.3 Å². The van der Waals surface area contributed by atoms with Crippen LogP contribution in [0.2, 0.25) is 0 Å². The van der Waals surface area contributed by atoms with E-state index >= 15 is 0 Å². The van der Waals surface area contributed by atoms with Crippen molar-refractivity contribution in [2.45, 2.75) is 124 Å². The molecule has 0 aromatic rings. The van der Waals surface area contributed by atoms with Gasteiger partial charge < -0.3 is 19.3 Å². The normalized spacial score (nSPS) is 48.2. The number of aliphatic hydroxyl groups excluding tert-OH is 1. The average Bonchev–Trinajstić information content (AvgIpc) is 3.39. The predicted octanol–water partition coefficient (Wildman–Crippen LogP) is 6.32. The van der Waals surface area contributed by atoms with Gasteiger partial charge in [-0.05, 0) is 92.8 Å². The van der Waals surface area contributed by atoms with Crippen molar-refractivity contribution in [2.75, 3.05) is 14.2 Å². The molecule has 10 atom stereocenters. The number of rotatable bonds is 5. The van der Waals surface area contributed by atoms with Gasteiger partial charge in [0.05, 0.1) is 11.7 Å². The second-order valence-electron chi connectivity index (χ2n) is 15.0. The number of carbonyl (C=O) groups is 1. The van der Waals surface area contributed by atoms with Crippen molar-refractivity contribution in [2.24, 2.45) is 45.3 Å². The van der Waals surface area contributed by atoms with Gasteiger partial charge in [-0.3, -0.25) is 4.79 Å². The van der Waals surface area contributed by atoms with Crippen LogP contribution in [0.15, 0.2) is 11.6 Å². The molecule has 0 aromatic carbocycles. The summed E-state index contributed by atoms with van der Waals surface area (Å²) in [4.78, 5) is 12.9. The van der Waals surface area contributed by atoms with Crippen LogP contribution in [0.3, 0.4) is 0 Å². The second-order valence-corrected chi connectivity index (χ2v) is 15.0. The quantitative estimate of drug-likeness (QED) is 0.433. The highest BCUT2D eigenvalue weighted by molar-refractivity contribution is 5.85. The fourth-order valence-corrected chi connectivity index (χ4v) is 10.3. The standard InChI is InChI=1S/C32H52O5/c1-28(2)24-11-10-22-21(30(24,5)15-14-25(28)33)13-17-31(6)20(12-16-32(22,31)7)19-18-23(37-27(19)35-8)26(34)29(3,4)36-9/h10,19-21,23-24,26-27,34H,11-18H2,1-9H3/t19?,20-,21-,23+,24?,26?,27-,30+,31-,32+/m0/s1. The van der Waals surface area contributed by atoms with Gasteiger partial charge in [-0.15, -0.1) is 0 Å². The topological polar surface area (TPSA) is 65.0 Å². The van der Waals surface area contributed by atoms with E-state index in [1.165, 1.54) is 25.7 Å². The van der Waals surface area contributed by atoms with Crippen LogP contribution < -0.4 is 0 Å². The summed E-state index contributed by atoms with van der Waals surface area (Å²) in [5.41, 5.74) is 1.32. The third-order valence-corrected chi connectivity index (χ3v) is 13.1. The van der Waals surface area contributed by atoms with Gasteiger partial charge in [0.15, 0.2) is 6.29 Å². The maximum Gasteiger partial charge on any atom is 0.160 e. The van der Waals surface area contributed by atoms with Crippen molar-refractivity contribution < 1.29 is 24.1 Å². The Kier molecular flexibility index (Phi) is 6.67. The van der Waals surface area contributed by atoms with Crippen molar-refractivity contribution in [1.29, 1.82) is 0 Å². The molecule has 0 amide bonds. The Bertz CT molecular complexity index is 953. The number of ether oxygens (including phenoxy) is 3. The van der Waals surface area contributed by atoms with E-state index in [1.807, 2.05) is 13.8 Å². The fourth-order valence-electron chi connectivity index (χ4n) is 10.3. The molecule has 3 saturated carbocycles. The molecule has 5 nitrogen and oxygen atoms in total. The van der Waals surface area contributed by atoms with Gasteiger partial charge in [0, 0.05) is 32.0 Å². The Morgan fingerprint density at radius 1 is 1.08 bits per heavy atom. The lowest BCUT2D eigenvalue weighted by molar-refractivity contribution is -0.189. The summed E-state index contributed by atoms with van der Waals surface area (Å²) in [5, 5.41) is 11.1. The Morgan fingerprint density at radius 3 is 2.43 bits per heavy atom. The number of Topliss-reactive ketones (excluding diaryl/α,β-unsaturated/α-hetero) is 1. The number of fused-ring (bicyclic) bond motifs is 5. The van der Waals surface area contributed by atoms with Crippen LogP contribution in [0.1, 0.15) is 99.8 Å². The van der Waals surface area contributed by atoms with E-state index in [2.05, 4.69) is 40.7 Å². The lowest BCUT2D eigenvalue weighted by Crippen LogP contribution is -2.57. The lowest BCUT2D eigenvalue weighted by atomic mass is 9.41. The van der Waals surface area contributed by atoms with Gasteiger partial charge in [0.25, 0.3) is 0 Å². The molecule has 3 unspecified atom stereocenters. The smallest absolute Gasteiger partial charge is 0.160 e. The van der Waals surface area contributed by atoms with Crippen molar-refractivity contribution in [1.82, 2.24) is 0 Å². The number of carbonyl (C=O) groups excluding carboxylic acids is 1. The van der Waals surface area contributed by atoms with E-state index in [0.29, 0.717) is 23.5 Å². The Balaban J connectivity index is 1.44. The first-order valence-corrected chi connectivity index (χ1v) is 14.8. The highest BCUT2D eigenvalue weighted by Crippen LogP contribution is 2.73. The van der Waals surface area contributed by atoms with E-state index in [1.54, 1.807) is 19.8 Å². The average molecular weight is 517 g/mol. The number of methoxy groups -OCH3 is 2. The molecule has 0 bridgehead atoms. The number of ketones is 1. The van der Waals surface area contributed by atoms with Gasteiger partial charge in [-0.25, -0.2) is 0 Å². The summed E-state index contributed by atoms with van der Waals surface area (Å²) in [6.45, 7) is 15.9. The van der Waals surface area contributed by atoms with Crippen LogP contribution in [0.25, 0.3) is 0 Å². The highest BCUT2D eigenvalue weighted by atomic mass is 16.7. The van der Waals surface area contributed by atoms with E-state index in [4.69, 9.17) is 14.2 Å². The zero-order valence-corrected chi connectivity index (χ0v) is 24.9. The third-order valence-electron chi connectivity index (χ3n) is 13.1. The van der Waals surface area contributed by atoms with Gasteiger partial charge in [0.2, 0.25) is 0 Å². The monoisotopic (exact) mass is 516 g/mol. The first-order valence-electron chi connectivity index (χ1n) is 14.8. The minimum absolute atomic E-state index is 0.154. The first kappa shape index (κ1) is 27.8. The van der Waals surface area contributed by atoms with Gasteiger partial charge in [0.1, 0.15) is 11.9 Å². The fraction of sp³-hybridized carbons (Fsp3) is 0.906. The SMILES string of the molecule is CO[C@H]1O[C@@H](C(O)C(C)(C)OC)CC1[C@@H]1CC[C@]2(C)C3=CCC4C(C)(C)C(=O)CC[C@]4(C)[C@H]3CC[C@@]12C.